The van der Waals surface area contributed by atoms with Crippen LogP contribution in [0.5, 0.6) is 0 Å². The van der Waals surface area contributed by atoms with Crippen LogP contribution in [0.1, 0.15) is 39.0 Å². The summed E-state index contributed by atoms with van der Waals surface area (Å²) in [5.41, 5.74) is 0. The van der Waals surface area contributed by atoms with Crippen molar-refractivity contribution in [1.82, 2.24) is 15.1 Å². The Morgan fingerprint density at radius 1 is 1.24 bits per heavy atom. The van der Waals surface area contributed by atoms with E-state index in [9.17, 15) is 9.59 Å². The van der Waals surface area contributed by atoms with Gasteiger partial charge in [-0.25, -0.2) is 0 Å². The van der Waals surface area contributed by atoms with Gasteiger partial charge in [-0.1, -0.05) is 6.92 Å². The molecular formula is C15H25N3O2S. The molecule has 3 heterocycles. The summed E-state index contributed by atoms with van der Waals surface area (Å²) < 4.78 is 0. The molecule has 3 unspecified atom stereocenters. The zero-order valence-electron chi connectivity index (χ0n) is 12.7. The van der Waals surface area contributed by atoms with E-state index in [1.54, 1.807) is 16.7 Å². The molecule has 6 heteroatoms. The monoisotopic (exact) mass is 311 g/mol. The van der Waals surface area contributed by atoms with E-state index in [1.807, 2.05) is 11.8 Å². The van der Waals surface area contributed by atoms with Gasteiger partial charge in [-0.05, 0) is 25.7 Å². The van der Waals surface area contributed by atoms with Crippen molar-refractivity contribution in [2.24, 2.45) is 0 Å². The average Bonchev–Trinajstić information content (AvgIpc) is 3.05. The van der Waals surface area contributed by atoms with Crippen LogP contribution in [0.4, 0.5) is 0 Å². The van der Waals surface area contributed by atoms with Crippen molar-refractivity contribution in [2.45, 2.75) is 57.2 Å². The number of carbonyl (C=O) groups excluding carboxylic acids is 2. The highest BCUT2D eigenvalue weighted by Crippen LogP contribution is 2.26. The molecule has 118 valence electrons. The second-order valence-corrected chi connectivity index (χ2v) is 7.34. The van der Waals surface area contributed by atoms with E-state index < -0.39 is 0 Å². The third kappa shape index (κ3) is 3.21. The molecular weight excluding hydrogens is 286 g/mol. The van der Waals surface area contributed by atoms with E-state index in [2.05, 4.69) is 5.32 Å². The van der Waals surface area contributed by atoms with Crippen molar-refractivity contribution in [3.63, 3.8) is 0 Å². The number of nitrogens with one attached hydrogen (secondary N) is 1. The summed E-state index contributed by atoms with van der Waals surface area (Å²) in [5, 5.41) is 3.60. The SMILES string of the molecule is CCCC(=O)N1CSCC1C(=O)N1CCC2CCC(C1)N2. The van der Waals surface area contributed by atoms with Crippen LogP contribution >= 0.6 is 11.8 Å². The Bertz CT molecular complexity index is 418. The molecule has 3 aliphatic rings. The first kappa shape index (κ1) is 15.2. The second kappa shape index (κ2) is 6.57. The predicted octanol–water partition coefficient (Wildman–Crippen LogP) is 1.04. The molecule has 0 radical (unpaired) electrons. The van der Waals surface area contributed by atoms with Gasteiger partial charge in [0.15, 0.2) is 0 Å². The summed E-state index contributed by atoms with van der Waals surface area (Å²) in [6.07, 6.45) is 4.86. The van der Waals surface area contributed by atoms with Crippen LogP contribution in [0.2, 0.25) is 0 Å². The minimum absolute atomic E-state index is 0.135. The number of amides is 2. The number of rotatable bonds is 3. The van der Waals surface area contributed by atoms with Crippen molar-refractivity contribution >= 4 is 23.6 Å². The van der Waals surface area contributed by atoms with Crippen LogP contribution in [0, 0.1) is 0 Å². The lowest BCUT2D eigenvalue weighted by molar-refractivity contribution is -0.143. The molecule has 2 bridgehead atoms. The standard InChI is InChI=1S/C15H25N3O2S/c1-2-3-14(19)18-10-21-9-13(18)15(20)17-7-6-11-4-5-12(8-17)16-11/h11-13,16H,2-10H2,1H3. The number of hydrogen-bond donors (Lipinski definition) is 1. The van der Waals surface area contributed by atoms with Crippen LogP contribution in [0.25, 0.3) is 0 Å². The molecule has 0 aliphatic carbocycles. The van der Waals surface area contributed by atoms with Gasteiger partial charge in [0.1, 0.15) is 6.04 Å². The zero-order valence-corrected chi connectivity index (χ0v) is 13.5. The van der Waals surface area contributed by atoms with Crippen molar-refractivity contribution in [3.8, 4) is 0 Å². The predicted molar refractivity (Wildman–Crippen MR) is 84.0 cm³/mol. The second-order valence-electron chi connectivity index (χ2n) is 6.34. The summed E-state index contributed by atoms with van der Waals surface area (Å²) in [6, 6.07) is 0.810. The van der Waals surface area contributed by atoms with Crippen LogP contribution in [-0.2, 0) is 9.59 Å². The van der Waals surface area contributed by atoms with Crippen molar-refractivity contribution < 1.29 is 9.59 Å². The number of likely N-dealkylation sites (tertiary alicyclic amines) is 1. The summed E-state index contributed by atoms with van der Waals surface area (Å²) in [7, 11) is 0. The largest absolute Gasteiger partial charge is 0.339 e. The maximum Gasteiger partial charge on any atom is 0.246 e. The Kier molecular flexibility index (Phi) is 4.74. The molecule has 3 rings (SSSR count). The molecule has 3 atom stereocenters. The van der Waals surface area contributed by atoms with Crippen molar-refractivity contribution in [2.75, 3.05) is 24.7 Å². The smallest absolute Gasteiger partial charge is 0.246 e. The van der Waals surface area contributed by atoms with Gasteiger partial charge < -0.3 is 15.1 Å². The number of nitrogens with zero attached hydrogens (tertiary/aromatic N) is 2. The average molecular weight is 311 g/mol. The lowest BCUT2D eigenvalue weighted by Crippen LogP contribution is -2.51. The first-order chi connectivity index (χ1) is 10.2. The Labute approximate surface area is 130 Å². The molecule has 0 saturated carbocycles. The minimum atomic E-state index is -0.231. The fourth-order valence-electron chi connectivity index (χ4n) is 3.60. The Morgan fingerprint density at radius 2 is 2.05 bits per heavy atom. The van der Waals surface area contributed by atoms with Crippen LogP contribution in [0.15, 0.2) is 0 Å². The maximum atomic E-state index is 12.8. The fraction of sp³-hybridized carbons (Fsp3) is 0.867. The van der Waals surface area contributed by atoms with Gasteiger partial charge in [0.2, 0.25) is 11.8 Å². The molecule has 2 amide bonds. The highest BCUT2D eigenvalue weighted by Gasteiger charge is 2.39. The number of thioether (sulfide) groups is 1. The number of hydrogen-bond acceptors (Lipinski definition) is 4. The fourth-order valence-corrected chi connectivity index (χ4v) is 4.78. The summed E-state index contributed by atoms with van der Waals surface area (Å²) in [4.78, 5) is 28.8. The topological polar surface area (TPSA) is 52.7 Å². The van der Waals surface area contributed by atoms with E-state index in [1.165, 1.54) is 12.8 Å². The van der Waals surface area contributed by atoms with E-state index >= 15 is 0 Å². The lowest BCUT2D eigenvalue weighted by atomic mass is 10.1. The first-order valence-electron chi connectivity index (χ1n) is 8.11. The maximum absolute atomic E-state index is 12.8. The summed E-state index contributed by atoms with van der Waals surface area (Å²) in [6.45, 7) is 3.66. The van der Waals surface area contributed by atoms with Gasteiger partial charge >= 0.3 is 0 Å². The molecule has 0 aromatic carbocycles. The van der Waals surface area contributed by atoms with Gasteiger partial charge in [-0.2, -0.15) is 0 Å². The van der Waals surface area contributed by atoms with Gasteiger partial charge in [0.05, 0.1) is 5.88 Å². The van der Waals surface area contributed by atoms with E-state index in [0.717, 1.165) is 31.7 Å². The highest BCUT2D eigenvalue weighted by molar-refractivity contribution is 7.99. The lowest BCUT2D eigenvalue weighted by Gasteiger charge is -2.30. The van der Waals surface area contributed by atoms with Crippen LogP contribution in [-0.4, -0.2) is 64.5 Å². The molecule has 0 aromatic heterocycles. The van der Waals surface area contributed by atoms with E-state index in [-0.39, 0.29) is 17.9 Å². The van der Waals surface area contributed by atoms with E-state index in [4.69, 9.17) is 0 Å². The molecule has 0 spiro atoms. The molecule has 3 aliphatic heterocycles. The number of fused-ring (bicyclic) bond motifs is 2. The van der Waals surface area contributed by atoms with Gasteiger partial charge in [0, 0.05) is 37.3 Å². The Balaban J connectivity index is 1.64. The quantitative estimate of drug-likeness (QED) is 0.846. The first-order valence-corrected chi connectivity index (χ1v) is 9.26. The van der Waals surface area contributed by atoms with Crippen molar-refractivity contribution in [1.29, 1.82) is 0 Å². The zero-order chi connectivity index (χ0) is 14.8. The van der Waals surface area contributed by atoms with Gasteiger partial charge in [-0.15, -0.1) is 11.8 Å². The molecule has 0 aromatic rings. The normalized spacial score (nSPS) is 32.3. The molecule has 5 nitrogen and oxygen atoms in total. The third-order valence-corrected chi connectivity index (χ3v) is 5.80. The van der Waals surface area contributed by atoms with Crippen LogP contribution < -0.4 is 5.32 Å². The van der Waals surface area contributed by atoms with Gasteiger partial charge in [-0.3, -0.25) is 9.59 Å². The van der Waals surface area contributed by atoms with Crippen molar-refractivity contribution in [3.05, 3.63) is 0 Å². The summed E-state index contributed by atoms with van der Waals surface area (Å²) in [5.74, 6) is 1.73. The van der Waals surface area contributed by atoms with E-state index in [0.29, 0.717) is 24.4 Å². The molecule has 3 fully saturated rings. The third-order valence-electron chi connectivity index (χ3n) is 4.79. The van der Waals surface area contributed by atoms with Gasteiger partial charge in [0.25, 0.3) is 0 Å². The van der Waals surface area contributed by atoms with Crippen LogP contribution in [0.3, 0.4) is 0 Å². The molecule has 21 heavy (non-hydrogen) atoms. The highest BCUT2D eigenvalue weighted by atomic mass is 32.2. The minimum Gasteiger partial charge on any atom is -0.339 e. The molecule has 1 N–H and O–H groups in total. The Morgan fingerprint density at radius 3 is 2.86 bits per heavy atom. The molecule has 3 saturated heterocycles. The Hall–Kier alpha value is -0.750. The number of carbonyl (C=O) groups is 2. The summed E-state index contributed by atoms with van der Waals surface area (Å²) >= 11 is 1.70.